The second-order valence-corrected chi connectivity index (χ2v) is 7.06. The van der Waals surface area contributed by atoms with E-state index in [2.05, 4.69) is 5.32 Å². The molecule has 0 aromatic heterocycles. The van der Waals surface area contributed by atoms with Gasteiger partial charge in [-0.1, -0.05) is 11.6 Å². The van der Waals surface area contributed by atoms with Gasteiger partial charge in [-0.3, -0.25) is 4.79 Å². The summed E-state index contributed by atoms with van der Waals surface area (Å²) in [6, 6.07) is 5.39. The molecule has 1 aromatic carbocycles. The normalized spacial score (nSPS) is 21.8. The molecule has 1 heterocycles. The number of ether oxygens (including phenoxy) is 1. The number of hydrogen-bond acceptors (Lipinski definition) is 3. The molecule has 2 fully saturated rings. The standard InChI is InChI=1S/C18H25ClN2O2/c1-20-11-13-8-9-21(12-13)18(22)16-10-14(19)6-7-17(16)23-15-4-2-3-5-15/h6-7,10,13,15,20H,2-5,8-9,11-12H2,1H3. The first-order valence-corrected chi connectivity index (χ1v) is 8.95. The Labute approximate surface area is 143 Å². The van der Waals surface area contributed by atoms with Gasteiger partial charge in [0.05, 0.1) is 11.7 Å². The number of hydrogen-bond donors (Lipinski definition) is 1. The molecule has 3 rings (SSSR count). The molecular formula is C18H25ClN2O2. The summed E-state index contributed by atoms with van der Waals surface area (Å²) in [6.45, 7) is 2.56. The fourth-order valence-corrected chi connectivity index (χ4v) is 3.77. The summed E-state index contributed by atoms with van der Waals surface area (Å²) >= 11 is 6.13. The van der Waals surface area contributed by atoms with Gasteiger partial charge in [0.1, 0.15) is 5.75 Å². The molecule has 1 aliphatic heterocycles. The fraction of sp³-hybridized carbons (Fsp3) is 0.611. The number of carbonyl (C=O) groups is 1. The predicted molar refractivity (Wildman–Crippen MR) is 92.3 cm³/mol. The molecule has 1 unspecified atom stereocenters. The molecule has 2 aliphatic rings. The Morgan fingerprint density at radius 3 is 2.87 bits per heavy atom. The maximum absolute atomic E-state index is 12.9. The minimum Gasteiger partial charge on any atom is -0.490 e. The Kier molecular flexibility index (Phi) is 5.44. The van der Waals surface area contributed by atoms with Gasteiger partial charge in [0.25, 0.3) is 5.91 Å². The van der Waals surface area contributed by atoms with Gasteiger partial charge < -0.3 is 15.0 Å². The summed E-state index contributed by atoms with van der Waals surface area (Å²) in [5, 5.41) is 3.78. The van der Waals surface area contributed by atoms with Crippen LogP contribution in [0.15, 0.2) is 18.2 Å². The van der Waals surface area contributed by atoms with Crippen molar-refractivity contribution in [1.82, 2.24) is 10.2 Å². The lowest BCUT2D eigenvalue weighted by molar-refractivity contribution is 0.0779. The molecule has 1 atom stereocenters. The average Bonchev–Trinajstić information content (AvgIpc) is 3.20. The van der Waals surface area contributed by atoms with Crippen molar-refractivity contribution in [2.45, 2.75) is 38.2 Å². The molecule has 1 amide bonds. The minimum absolute atomic E-state index is 0.0408. The Morgan fingerprint density at radius 1 is 1.35 bits per heavy atom. The maximum Gasteiger partial charge on any atom is 0.257 e. The van der Waals surface area contributed by atoms with Crippen LogP contribution in [0.2, 0.25) is 5.02 Å². The topological polar surface area (TPSA) is 41.6 Å². The molecule has 23 heavy (non-hydrogen) atoms. The molecule has 4 nitrogen and oxygen atoms in total. The Morgan fingerprint density at radius 2 is 2.13 bits per heavy atom. The lowest BCUT2D eigenvalue weighted by Gasteiger charge is -2.21. The number of halogens is 1. The fourth-order valence-electron chi connectivity index (χ4n) is 3.60. The van der Waals surface area contributed by atoms with Gasteiger partial charge in [0.2, 0.25) is 0 Å². The molecule has 0 bridgehead atoms. The van der Waals surface area contributed by atoms with Crippen LogP contribution in [-0.2, 0) is 0 Å². The monoisotopic (exact) mass is 336 g/mol. The highest BCUT2D eigenvalue weighted by molar-refractivity contribution is 6.31. The van der Waals surface area contributed by atoms with Gasteiger partial charge in [-0.25, -0.2) is 0 Å². The van der Waals surface area contributed by atoms with Gasteiger partial charge in [-0.05, 0) is 69.8 Å². The summed E-state index contributed by atoms with van der Waals surface area (Å²) in [7, 11) is 1.95. The zero-order valence-electron chi connectivity index (χ0n) is 13.7. The zero-order chi connectivity index (χ0) is 16.2. The summed E-state index contributed by atoms with van der Waals surface area (Å²) in [4.78, 5) is 14.8. The summed E-state index contributed by atoms with van der Waals surface area (Å²) in [5.74, 6) is 1.25. The molecular weight excluding hydrogens is 312 g/mol. The lowest BCUT2D eigenvalue weighted by Crippen LogP contribution is -2.31. The number of carbonyl (C=O) groups excluding carboxylic acids is 1. The van der Waals surface area contributed by atoms with Crippen LogP contribution in [0.1, 0.15) is 42.5 Å². The van der Waals surface area contributed by atoms with Crippen molar-refractivity contribution in [2.75, 3.05) is 26.7 Å². The molecule has 1 aromatic rings. The van der Waals surface area contributed by atoms with E-state index in [1.54, 1.807) is 12.1 Å². The minimum atomic E-state index is 0.0408. The second kappa shape index (κ2) is 7.54. The van der Waals surface area contributed by atoms with E-state index in [1.807, 2.05) is 18.0 Å². The van der Waals surface area contributed by atoms with Gasteiger partial charge >= 0.3 is 0 Å². The van der Waals surface area contributed by atoms with Crippen LogP contribution in [0.4, 0.5) is 0 Å². The van der Waals surface area contributed by atoms with Crippen LogP contribution in [0.25, 0.3) is 0 Å². The van der Waals surface area contributed by atoms with Crippen molar-refractivity contribution in [2.24, 2.45) is 5.92 Å². The first-order chi connectivity index (χ1) is 11.2. The maximum atomic E-state index is 12.9. The molecule has 1 saturated carbocycles. The van der Waals surface area contributed by atoms with Crippen molar-refractivity contribution >= 4 is 17.5 Å². The Hall–Kier alpha value is -1.26. The van der Waals surface area contributed by atoms with E-state index < -0.39 is 0 Å². The van der Waals surface area contributed by atoms with Crippen molar-refractivity contribution in [1.29, 1.82) is 0 Å². The highest BCUT2D eigenvalue weighted by atomic mass is 35.5. The van der Waals surface area contributed by atoms with Crippen LogP contribution in [-0.4, -0.2) is 43.6 Å². The van der Waals surface area contributed by atoms with E-state index >= 15 is 0 Å². The highest BCUT2D eigenvalue weighted by Gasteiger charge is 2.29. The van der Waals surface area contributed by atoms with E-state index in [1.165, 1.54) is 12.8 Å². The van der Waals surface area contributed by atoms with Gasteiger partial charge in [-0.15, -0.1) is 0 Å². The molecule has 1 saturated heterocycles. The van der Waals surface area contributed by atoms with Crippen molar-refractivity contribution in [3.8, 4) is 5.75 Å². The largest absolute Gasteiger partial charge is 0.490 e. The number of amides is 1. The summed E-state index contributed by atoms with van der Waals surface area (Å²) in [5.41, 5.74) is 0.606. The van der Waals surface area contributed by atoms with Crippen molar-refractivity contribution in [3.05, 3.63) is 28.8 Å². The third-order valence-electron chi connectivity index (χ3n) is 4.83. The first kappa shape index (κ1) is 16.6. The van der Waals surface area contributed by atoms with E-state index in [0.717, 1.165) is 38.9 Å². The van der Waals surface area contributed by atoms with E-state index in [9.17, 15) is 4.79 Å². The van der Waals surface area contributed by atoms with Gasteiger partial charge in [-0.2, -0.15) is 0 Å². The molecule has 0 spiro atoms. The zero-order valence-corrected chi connectivity index (χ0v) is 14.4. The van der Waals surface area contributed by atoms with Gasteiger partial charge in [0.15, 0.2) is 0 Å². The van der Waals surface area contributed by atoms with Crippen LogP contribution in [0, 0.1) is 5.92 Å². The molecule has 0 radical (unpaired) electrons. The third-order valence-corrected chi connectivity index (χ3v) is 5.07. The van der Waals surface area contributed by atoms with E-state index in [0.29, 0.717) is 22.3 Å². The first-order valence-electron chi connectivity index (χ1n) is 8.57. The van der Waals surface area contributed by atoms with Crippen LogP contribution >= 0.6 is 11.6 Å². The van der Waals surface area contributed by atoms with E-state index in [-0.39, 0.29) is 12.0 Å². The van der Waals surface area contributed by atoms with Crippen LogP contribution in [0.5, 0.6) is 5.75 Å². The summed E-state index contributed by atoms with van der Waals surface area (Å²) < 4.78 is 6.10. The average molecular weight is 337 g/mol. The Balaban J connectivity index is 1.75. The number of likely N-dealkylation sites (tertiary alicyclic amines) is 1. The molecule has 126 valence electrons. The molecule has 1 N–H and O–H groups in total. The SMILES string of the molecule is CNCC1CCN(C(=O)c2cc(Cl)ccc2OC2CCCC2)C1. The van der Waals surface area contributed by atoms with Gasteiger partial charge in [0, 0.05) is 18.1 Å². The number of nitrogens with one attached hydrogen (secondary N) is 1. The third kappa shape index (κ3) is 3.99. The molecule has 1 aliphatic carbocycles. The quantitative estimate of drug-likeness (QED) is 0.896. The van der Waals surface area contributed by atoms with Crippen molar-refractivity contribution in [3.63, 3.8) is 0 Å². The predicted octanol–water partition coefficient (Wildman–Crippen LogP) is 3.34. The van der Waals surface area contributed by atoms with Crippen LogP contribution < -0.4 is 10.1 Å². The Bertz CT molecular complexity index is 558. The smallest absolute Gasteiger partial charge is 0.257 e. The highest BCUT2D eigenvalue weighted by Crippen LogP contribution is 2.30. The number of benzene rings is 1. The molecule has 5 heteroatoms. The lowest BCUT2D eigenvalue weighted by atomic mass is 10.1. The van der Waals surface area contributed by atoms with Crippen molar-refractivity contribution < 1.29 is 9.53 Å². The van der Waals surface area contributed by atoms with E-state index in [4.69, 9.17) is 16.3 Å². The number of nitrogens with zero attached hydrogens (tertiary/aromatic N) is 1. The van der Waals surface area contributed by atoms with Crippen LogP contribution in [0.3, 0.4) is 0 Å². The number of rotatable bonds is 5. The summed E-state index contributed by atoms with van der Waals surface area (Å²) in [6.07, 6.45) is 5.84. The second-order valence-electron chi connectivity index (χ2n) is 6.63.